The number of alkyl halides is 3. The monoisotopic (exact) mass is 295 g/mol. The molecule has 0 aliphatic heterocycles. The lowest BCUT2D eigenvalue weighted by Crippen LogP contribution is -2.15. The van der Waals surface area contributed by atoms with Crippen molar-refractivity contribution in [3.05, 3.63) is 33.8 Å². The van der Waals surface area contributed by atoms with E-state index in [4.69, 9.17) is 5.73 Å². The van der Waals surface area contributed by atoms with Gasteiger partial charge in [-0.25, -0.2) is 0 Å². The zero-order chi connectivity index (χ0) is 12.3. The van der Waals surface area contributed by atoms with E-state index >= 15 is 0 Å². The zero-order valence-corrected chi connectivity index (χ0v) is 10.4. The Hall–Kier alpha value is -0.550. The molecule has 0 bridgehead atoms. The maximum atomic E-state index is 12.0. The van der Waals surface area contributed by atoms with E-state index in [0.29, 0.717) is 0 Å². The lowest BCUT2D eigenvalue weighted by Gasteiger charge is -2.14. The normalized spacial score (nSPS) is 13.9. The van der Waals surface area contributed by atoms with Gasteiger partial charge in [0.25, 0.3) is 0 Å². The van der Waals surface area contributed by atoms with Crippen LogP contribution in [0, 0.1) is 6.92 Å². The van der Waals surface area contributed by atoms with Gasteiger partial charge < -0.3 is 5.73 Å². The van der Waals surface area contributed by atoms with Gasteiger partial charge in [0, 0.05) is 16.9 Å². The molecule has 5 heteroatoms. The van der Waals surface area contributed by atoms with Crippen molar-refractivity contribution in [3.63, 3.8) is 0 Å². The van der Waals surface area contributed by atoms with Crippen LogP contribution in [0.25, 0.3) is 0 Å². The smallest absolute Gasteiger partial charge is 0.324 e. The highest BCUT2D eigenvalue weighted by molar-refractivity contribution is 9.10. The average molecular weight is 296 g/mol. The second kappa shape index (κ2) is 5.19. The van der Waals surface area contributed by atoms with E-state index in [2.05, 4.69) is 15.9 Å². The predicted molar refractivity (Wildman–Crippen MR) is 61.1 cm³/mol. The van der Waals surface area contributed by atoms with Crippen LogP contribution in [-0.4, -0.2) is 6.18 Å². The molecule has 0 unspecified atom stereocenters. The summed E-state index contributed by atoms with van der Waals surface area (Å²) in [6.07, 6.45) is -5.07. The van der Waals surface area contributed by atoms with Crippen molar-refractivity contribution < 1.29 is 13.2 Å². The van der Waals surface area contributed by atoms with Crippen LogP contribution >= 0.6 is 15.9 Å². The van der Waals surface area contributed by atoms with Crippen molar-refractivity contribution in [1.82, 2.24) is 0 Å². The molecule has 0 saturated heterocycles. The minimum atomic E-state index is -4.14. The van der Waals surface area contributed by atoms with Gasteiger partial charge in [-0.2, -0.15) is 13.2 Å². The molecule has 0 spiro atoms. The molecule has 0 aliphatic rings. The first-order chi connectivity index (χ1) is 7.29. The van der Waals surface area contributed by atoms with Gasteiger partial charge in [-0.1, -0.05) is 28.1 Å². The number of nitrogens with two attached hydrogens (primary N) is 1. The molecule has 2 N–H and O–H groups in total. The fraction of sp³-hybridized carbons (Fsp3) is 0.455. The number of benzene rings is 1. The molecule has 90 valence electrons. The first-order valence-electron chi connectivity index (χ1n) is 4.88. The highest BCUT2D eigenvalue weighted by Gasteiger charge is 2.27. The van der Waals surface area contributed by atoms with E-state index in [1.165, 1.54) is 0 Å². The Labute approximate surface area is 101 Å². The average Bonchev–Trinajstić information content (AvgIpc) is 2.17. The number of hydrogen-bond donors (Lipinski definition) is 1. The first-order valence-corrected chi connectivity index (χ1v) is 5.67. The summed E-state index contributed by atoms with van der Waals surface area (Å²) in [5, 5.41) is 0. The molecule has 1 nitrogen and oxygen atoms in total. The van der Waals surface area contributed by atoms with Gasteiger partial charge in [-0.05, 0) is 30.5 Å². The van der Waals surface area contributed by atoms with Crippen molar-refractivity contribution in [2.24, 2.45) is 5.73 Å². The largest absolute Gasteiger partial charge is 0.389 e. The second-order valence-electron chi connectivity index (χ2n) is 3.77. The highest BCUT2D eigenvalue weighted by Crippen LogP contribution is 2.28. The molecule has 0 heterocycles. The molecule has 0 saturated carbocycles. The lowest BCUT2D eigenvalue weighted by atomic mass is 10.0. The van der Waals surface area contributed by atoms with Crippen molar-refractivity contribution in [1.29, 1.82) is 0 Å². The van der Waals surface area contributed by atoms with Crippen molar-refractivity contribution >= 4 is 15.9 Å². The van der Waals surface area contributed by atoms with Gasteiger partial charge in [0.05, 0.1) is 0 Å². The Balaban J connectivity index is 2.66. The molecule has 0 aromatic heterocycles. The summed E-state index contributed by atoms with van der Waals surface area (Å²) in [5.41, 5.74) is 7.46. The Morgan fingerprint density at radius 2 is 2.00 bits per heavy atom. The Kier molecular flexibility index (Phi) is 4.38. The Morgan fingerprint density at radius 1 is 1.38 bits per heavy atom. The third-order valence-corrected chi connectivity index (χ3v) is 3.22. The lowest BCUT2D eigenvalue weighted by molar-refractivity contribution is -0.136. The molecule has 1 rings (SSSR count). The van der Waals surface area contributed by atoms with Crippen LogP contribution in [0.2, 0.25) is 0 Å². The van der Waals surface area contributed by atoms with Gasteiger partial charge in [0.2, 0.25) is 0 Å². The van der Waals surface area contributed by atoms with Gasteiger partial charge in [0.15, 0.2) is 0 Å². The number of hydrogen-bond acceptors (Lipinski definition) is 1. The zero-order valence-electron chi connectivity index (χ0n) is 8.81. The first kappa shape index (κ1) is 13.5. The van der Waals surface area contributed by atoms with E-state index in [9.17, 15) is 13.2 Å². The molecule has 0 aliphatic carbocycles. The van der Waals surface area contributed by atoms with Crippen molar-refractivity contribution in [3.8, 4) is 0 Å². The second-order valence-corrected chi connectivity index (χ2v) is 4.62. The molecular weight excluding hydrogens is 283 g/mol. The molecule has 0 fully saturated rings. The summed E-state index contributed by atoms with van der Waals surface area (Å²) in [6.45, 7) is 1.91. The summed E-state index contributed by atoms with van der Waals surface area (Å²) in [6, 6.07) is 4.81. The van der Waals surface area contributed by atoms with Crippen LogP contribution in [0.5, 0.6) is 0 Å². The summed E-state index contributed by atoms with van der Waals surface area (Å²) < 4.78 is 36.9. The van der Waals surface area contributed by atoms with E-state index in [-0.39, 0.29) is 6.42 Å². The minimum absolute atomic E-state index is 0.0843. The standard InChI is InChI=1S/C11H13BrF3N/c1-7-2-3-8(6-9(7)12)10(16)4-5-11(13,14)15/h2-3,6,10H,4-5,16H2,1H3/t10-/m0/s1. The Morgan fingerprint density at radius 3 is 2.50 bits per heavy atom. The number of aryl methyl sites for hydroxylation is 1. The van der Waals surface area contributed by atoms with Gasteiger partial charge in [0.1, 0.15) is 0 Å². The van der Waals surface area contributed by atoms with Crippen molar-refractivity contribution in [2.45, 2.75) is 32.0 Å². The molecular formula is C11H13BrF3N. The molecule has 1 aromatic rings. The molecule has 0 radical (unpaired) electrons. The number of halogens is 4. The summed E-state index contributed by atoms with van der Waals surface area (Å²) in [5.74, 6) is 0. The third-order valence-electron chi connectivity index (χ3n) is 2.36. The fourth-order valence-electron chi connectivity index (χ4n) is 1.33. The quantitative estimate of drug-likeness (QED) is 0.893. The Bertz CT molecular complexity index is 363. The van der Waals surface area contributed by atoms with Crippen LogP contribution < -0.4 is 5.73 Å². The minimum Gasteiger partial charge on any atom is -0.324 e. The van der Waals surface area contributed by atoms with Gasteiger partial charge >= 0.3 is 6.18 Å². The summed E-state index contributed by atoms with van der Waals surface area (Å²) in [4.78, 5) is 0. The van der Waals surface area contributed by atoms with Crippen LogP contribution in [0.3, 0.4) is 0 Å². The molecule has 16 heavy (non-hydrogen) atoms. The highest BCUT2D eigenvalue weighted by atomic mass is 79.9. The molecule has 1 aromatic carbocycles. The van der Waals surface area contributed by atoms with Crippen LogP contribution in [0.4, 0.5) is 13.2 Å². The topological polar surface area (TPSA) is 26.0 Å². The molecule has 1 atom stereocenters. The fourth-order valence-corrected chi connectivity index (χ4v) is 1.72. The van der Waals surface area contributed by atoms with Crippen LogP contribution in [0.15, 0.2) is 22.7 Å². The van der Waals surface area contributed by atoms with Gasteiger partial charge in [-0.3, -0.25) is 0 Å². The van der Waals surface area contributed by atoms with E-state index in [1.54, 1.807) is 12.1 Å². The third kappa shape index (κ3) is 4.14. The SMILES string of the molecule is Cc1ccc([C@@H](N)CCC(F)(F)F)cc1Br. The van der Waals surface area contributed by atoms with E-state index in [1.807, 2.05) is 13.0 Å². The van der Waals surface area contributed by atoms with E-state index in [0.717, 1.165) is 15.6 Å². The molecule has 0 amide bonds. The summed E-state index contributed by atoms with van der Waals surface area (Å²) in [7, 11) is 0. The maximum absolute atomic E-state index is 12.0. The van der Waals surface area contributed by atoms with Crippen LogP contribution in [-0.2, 0) is 0 Å². The predicted octanol–water partition coefficient (Wildman–Crippen LogP) is 4.10. The number of rotatable bonds is 3. The van der Waals surface area contributed by atoms with E-state index < -0.39 is 18.6 Å². The maximum Gasteiger partial charge on any atom is 0.389 e. The van der Waals surface area contributed by atoms with Crippen molar-refractivity contribution in [2.75, 3.05) is 0 Å². The summed E-state index contributed by atoms with van der Waals surface area (Å²) >= 11 is 3.33. The van der Waals surface area contributed by atoms with Crippen LogP contribution in [0.1, 0.15) is 30.0 Å². The van der Waals surface area contributed by atoms with Gasteiger partial charge in [-0.15, -0.1) is 0 Å².